The highest BCUT2D eigenvalue weighted by molar-refractivity contribution is 6.00. The molecule has 0 saturated carbocycles. The Labute approximate surface area is 48.5 Å². The van der Waals surface area contributed by atoms with Gasteiger partial charge in [0, 0.05) is 12.1 Å². The number of hydrogen-bond donors (Lipinski definition) is 2. The van der Waals surface area contributed by atoms with E-state index in [-0.39, 0.29) is 0 Å². The molecule has 3 nitrogen and oxygen atoms in total. The fourth-order valence-electron chi connectivity index (χ4n) is 0.419. The maximum absolute atomic E-state index is 8.07. The van der Waals surface area contributed by atoms with Crippen LogP contribution in [0.1, 0.15) is 20.3 Å². The normalized spacial score (nSPS) is 11.5. The largest absolute Gasteiger partial charge is 0.411 e. The fraction of sp³-hybridized carbons (Fsp3) is 0.600. The van der Waals surface area contributed by atoms with Crippen molar-refractivity contribution in [1.82, 2.24) is 0 Å². The number of oxime groups is 1. The summed E-state index contributed by atoms with van der Waals surface area (Å²) in [5.41, 5.74) is 1.10. The third kappa shape index (κ3) is 3.33. The van der Waals surface area contributed by atoms with Crippen molar-refractivity contribution in [3.63, 3.8) is 0 Å². The molecule has 0 saturated heterocycles. The monoisotopic (exact) mass is 114 g/mol. The summed E-state index contributed by atoms with van der Waals surface area (Å²) in [4.78, 5) is 0. The highest BCUT2D eigenvalue weighted by atomic mass is 16.4. The van der Waals surface area contributed by atoms with Crippen LogP contribution in [0.15, 0.2) is 5.16 Å². The van der Waals surface area contributed by atoms with E-state index in [0.29, 0.717) is 17.8 Å². The zero-order valence-corrected chi connectivity index (χ0v) is 5.10. The molecule has 3 heteroatoms. The molecular weight excluding hydrogens is 104 g/mol. The molecule has 0 aliphatic heterocycles. The van der Waals surface area contributed by atoms with E-state index in [0.717, 1.165) is 0 Å². The van der Waals surface area contributed by atoms with Crippen molar-refractivity contribution in [1.29, 1.82) is 5.41 Å². The van der Waals surface area contributed by atoms with Crippen LogP contribution in [0.2, 0.25) is 0 Å². The summed E-state index contributed by atoms with van der Waals surface area (Å²) in [6.07, 6.45) is 0.469. The van der Waals surface area contributed by atoms with Crippen LogP contribution in [0.25, 0.3) is 0 Å². The molecule has 0 aliphatic rings. The summed E-state index contributed by atoms with van der Waals surface area (Å²) in [6.45, 7) is 3.35. The predicted molar refractivity (Wildman–Crippen MR) is 32.9 cm³/mol. The minimum atomic E-state index is 0.469. The van der Waals surface area contributed by atoms with Crippen molar-refractivity contribution in [3.05, 3.63) is 0 Å². The standard InChI is InChI=1S/C5H10N2O/c1-4(6)3-5(2)7-8/h6,8H,3H2,1-2H3/b6-4?,7-5+. The fourth-order valence-corrected chi connectivity index (χ4v) is 0.419. The quantitative estimate of drug-likeness (QED) is 0.317. The van der Waals surface area contributed by atoms with Gasteiger partial charge in [0.25, 0.3) is 0 Å². The highest BCUT2D eigenvalue weighted by Gasteiger charge is 1.90. The first kappa shape index (κ1) is 7.14. The Balaban J connectivity index is 3.56. The first-order valence-corrected chi connectivity index (χ1v) is 2.38. The molecule has 0 aromatic heterocycles. The molecule has 0 fully saturated rings. The van der Waals surface area contributed by atoms with Gasteiger partial charge in [-0.15, -0.1) is 0 Å². The van der Waals surface area contributed by atoms with Gasteiger partial charge in [-0.2, -0.15) is 0 Å². The second-order valence-corrected chi connectivity index (χ2v) is 1.79. The Morgan fingerprint density at radius 1 is 1.62 bits per heavy atom. The summed E-state index contributed by atoms with van der Waals surface area (Å²) in [5, 5.41) is 17.9. The second-order valence-electron chi connectivity index (χ2n) is 1.79. The molecular formula is C5H10N2O. The lowest BCUT2D eigenvalue weighted by atomic mass is 10.2. The number of nitrogens with one attached hydrogen (secondary N) is 1. The van der Waals surface area contributed by atoms with Crippen molar-refractivity contribution in [2.45, 2.75) is 20.3 Å². The first-order chi connectivity index (χ1) is 3.66. The molecule has 46 valence electrons. The van der Waals surface area contributed by atoms with E-state index in [4.69, 9.17) is 10.6 Å². The van der Waals surface area contributed by atoms with Gasteiger partial charge in [-0.3, -0.25) is 0 Å². The van der Waals surface area contributed by atoms with Gasteiger partial charge in [0.15, 0.2) is 0 Å². The Kier molecular flexibility index (Phi) is 2.84. The Hall–Kier alpha value is -0.860. The van der Waals surface area contributed by atoms with Crippen LogP contribution in [-0.4, -0.2) is 16.6 Å². The second kappa shape index (κ2) is 3.18. The van der Waals surface area contributed by atoms with Gasteiger partial charge >= 0.3 is 0 Å². The maximum atomic E-state index is 8.07. The molecule has 0 bridgehead atoms. The summed E-state index contributed by atoms with van der Waals surface area (Å²) >= 11 is 0. The topological polar surface area (TPSA) is 56.4 Å². The maximum Gasteiger partial charge on any atom is 0.0595 e. The third-order valence-electron chi connectivity index (χ3n) is 0.692. The van der Waals surface area contributed by atoms with Gasteiger partial charge in [-0.25, -0.2) is 0 Å². The van der Waals surface area contributed by atoms with Crippen molar-refractivity contribution in [2.24, 2.45) is 5.16 Å². The third-order valence-corrected chi connectivity index (χ3v) is 0.692. The van der Waals surface area contributed by atoms with Gasteiger partial charge in [-0.05, 0) is 13.8 Å². The average molecular weight is 114 g/mol. The van der Waals surface area contributed by atoms with Crippen LogP contribution in [-0.2, 0) is 0 Å². The average Bonchev–Trinajstić information content (AvgIpc) is 1.65. The molecule has 0 aromatic carbocycles. The molecule has 2 N–H and O–H groups in total. The lowest BCUT2D eigenvalue weighted by Crippen LogP contribution is -1.97. The van der Waals surface area contributed by atoms with Crippen molar-refractivity contribution < 1.29 is 5.21 Å². The van der Waals surface area contributed by atoms with Gasteiger partial charge in [0.2, 0.25) is 0 Å². The van der Waals surface area contributed by atoms with Crippen LogP contribution < -0.4 is 0 Å². The smallest absolute Gasteiger partial charge is 0.0595 e. The van der Waals surface area contributed by atoms with Gasteiger partial charge in [0.1, 0.15) is 0 Å². The van der Waals surface area contributed by atoms with Crippen molar-refractivity contribution in [3.8, 4) is 0 Å². The lowest BCUT2D eigenvalue weighted by Gasteiger charge is -1.91. The summed E-state index contributed by atoms with van der Waals surface area (Å²) in [7, 11) is 0. The summed E-state index contributed by atoms with van der Waals surface area (Å²) in [5.74, 6) is 0. The van der Waals surface area contributed by atoms with Gasteiger partial charge < -0.3 is 10.6 Å². The zero-order valence-electron chi connectivity index (χ0n) is 5.10. The predicted octanol–water partition coefficient (Wildman–Crippen LogP) is 1.27. The molecule has 0 radical (unpaired) electrons. The van der Waals surface area contributed by atoms with Crippen LogP contribution in [0.5, 0.6) is 0 Å². The molecule has 8 heavy (non-hydrogen) atoms. The van der Waals surface area contributed by atoms with E-state index in [1.54, 1.807) is 13.8 Å². The van der Waals surface area contributed by atoms with E-state index in [1.807, 2.05) is 0 Å². The number of nitrogens with zero attached hydrogens (tertiary/aromatic N) is 1. The van der Waals surface area contributed by atoms with Gasteiger partial charge in [0.05, 0.1) is 5.71 Å². The molecule has 0 amide bonds. The molecule has 0 aromatic rings. The van der Waals surface area contributed by atoms with E-state index in [1.165, 1.54) is 0 Å². The molecule has 0 aliphatic carbocycles. The summed E-state index contributed by atoms with van der Waals surface area (Å²) < 4.78 is 0. The highest BCUT2D eigenvalue weighted by Crippen LogP contribution is 1.85. The van der Waals surface area contributed by atoms with Crippen LogP contribution >= 0.6 is 0 Å². The van der Waals surface area contributed by atoms with E-state index in [2.05, 4.69) is 5.16 Å². The summed E-state index contributed by atoms with van der Waals surface area (Å²) in [6, 6.07) is 0. The molecule has 0 atom stereocenters. The zero-order chi connectivity index (χ0) is 6.57. The Bertz CT molecular complexity index is 118. The van der Waals surface area contributed by atoms with Crippen molar-refractivity contribution in [2.75, 3.05) is 0 Å². The molecule has 0 unspecified atom stereocenters. The van der Waals surface area contributed by atoms with Crippen molar-refractivity contribution >= 4 is 11.4 Å². The molecule has 0 heterocycles. The van der Waals surface area contributed by atoms with E-state index < -0.39 is 0 Å². The van der Waals surface area contributed by atoms with Crippen LogP contribution in [0.4, 0.5) is 0 Å². The Morgan fingerprint density at radius 2 is 2.12 bits per heavy atom. The van der Waals surface area contributed by atoms with E-state index in [9.17, 15) is 0 Å². The number of rotatable bonds is 2. The number of hydrogen-bond acceptors (Lipinski definition) is 3. The van der Waals surface area contributed by atoms with Crippen LogP contribution in [0.3, 0.4) is 0 Å². The van der Waals surface area contributed by atoms with E-state index >= 15 is 0 Å². The minimum absolute atomic E-state index is 0.469. The SMILES string of the molecule is CC(=N)C/C(C)=N/O. The minimum Gasteiger partial charge on any atom is -0.411 e. The van der Waals surface area contributed by atoms with Gasteiger partial charge in [-0.1, -0.05) is 5.16 Å². The Morgan fingerprint density at radius 3 is 2.25 bits per heavy atom. The molecule has 0 rings (SSSR count). The lowest BCUT2D eigenvalue weighted by molar-refractivity contribution is 0.318. The molecule has 0 spiro atoms. The first-order valence-electron chi connectivity index (χ1n) is 2.38. The van der Waals surface area contributed by atoms with Crippen LogP contribution in [0, 0.1) is 5.41 Å².